The second kappa shape index (κ2) is 7.74. The first-order valence-corrected chi connectivity index (χ1v) is 6.38. The number of esters is 1. The van der Waals surface area contributed by atoms with Crippen molar-refractivity contribution in [3.8, 4) is 0 Å². The lowest BCUT2D eigenvalue weighted by molar-refractivity contribution is 0.0599. The van der Waals surface area contributed by atoms with Gasteiger partial charge in [0.1, 0.15) is 0 Å². The molecule has 122 valence electrons. The number of nitrogens with zero attached hydrogens (tertiary/aromatic N) is 2. The Balaban J connectivity index is 0.000000231. The third-order valence-electron chi connectivity index (χ3n) is 3.00. The van der Waals surface area contributed by atoms with Crippen LogP contribution in [0.15, 0.2) is 24.5 Å². The van der Waals surface area contributed by atoms with Crippen LogP contribution in [0.4, 0.5) is 0 Å². The van der Waals surface area contributed by atoms with Crippen LogP contribution < -0.4 is 0 Å². The van der Waals surface area contributed by atoms with Crippen molar-refractivity contribution in [2.24, 2.45) is 14.1 Å². The Hall–Kier alpha value is -3.16. The predicted molar refractivity (Wildman–Crippen MR) is 79.9 cm³/mol. The standard InChI is InChI=1S/C8H9NO3.C7H7NO3/c1-9-4-6(8(11)12-2)3-7(9)5-10;1-8-3-5(7(10)11)2-6(8)4-9/h3-5H,1-2H3;2-4H,1H3,(H,10,11). The maximum atomic E-state index is 10.9. The number of carbonyl (C=O) groups excluding carboxylic acids is 3. The fourth-order valence-electron chi connectivity index (χ4n) is 1.74. The van der Waals surface area contributed by atoms with E-state index in [1.807, 2.05) is 0 Å². The van der Waals surface area contributed by atoms with Crippen molar-refractivity contribution in [1.82, 2.24) is 9.13 Å². The van der Waals surface area contributed by atoms with Crippen molar-refractivity contribution >= 4 is 24.5 Å². The van der Waals surface area contributed by atoms with E-state index in [2.05, 4.69) is 4.74 Å². The van der Waals surface area contributed by atoms with Crippen LogP contribution in [0, 0.1) is 0 Å². The molecule has 8 heteroatoms. The number of carbonyl (C=O) groups is 4. The van der Waals surface area contributed by atoms with Gasteiger partial charge in [-0.05, 0) is 12.1 Å². The molecule has 0 saturated heterocycles. The lowest BCUT2D eigenvalue weighted by Crippen LogP contribution is -1.98. The van der Waals surface area contributed by atoms with Gasteiger partial charge >= 0.3 is 11.9 Å². The van der Waals surface area contributed by atoms with Gasteiger partial charge in [-0.25, -0.2) is 9.59 Å². The third-order valence-corrected chi connectivity index (χ3v) is 3.00. The number of aromatic carboxylic acids is 1. The highest BCUT2D eigenvalue weighted by atomic mass is 16.5. The van der Waals surface area contributed by atoms with E-state index in [1.54, 1.807) is 24.9 Å². The normalized spacial score (nSPS) is 9.52. The number of methoxy groups -OCH3 is 1. The second-order valence-electron chi connectivity index (χ2n) is 4.56. The van der Waals surface area contributed by atoms with Gasteiger partial charge in [-0.2, -0.15) is 0 Å². The molecule has 2 heterocycles. The lowest BCUT2D eigenvalue weighted by Gasteiger charge is -1.91. The lowest BCUT2D eigenvalue weighted by atomic mass is 10.3. The summed E-state index contributed by atoms with van der Waals surface area (Å²) in [6.07, 6.45) is 4.25. The van der Waals surface area contributed by atoms with Crippen LogP contribution in [0.3, 0.4) is 0 Å². The summed E-state index contributed by atoms with van der Waals surface area (Å²) in [5, 5.41) is 8.49. The van der Waals surface area contributed by atoms with Gasteiger partial charge in [0, 0.05) is 26.5 Å². The van der Waals surface area contributed by atoms with E-state index in [0.717, 1.165) is 0 Å². The maximum Gasteiger partial charge on any atom is 0.339 e. The van der Waals surface area contributed by atoms with E-state index in [4.69, 9.17) is 5.11 Å². The fourth-order valence-corrected chi connectivity index (χ4v) is 1.74. The first-order valence-electron chi connectivity index (χ1n) is 6.38. The molecule has 0 saturated carbocycles. The summed E-state index contributed by atoms with van der Waals surface area (Å²) >= 11 is 0. The molecule has 0 unspecified atom stereocenters. The van der Waals surface area contributed by atoms with Crippen LogP contribution in [0.5, 0.6) is 0 Å². The first-order chi connectivity index (χ1) is 10.8. The number of aldehydes is 2. The van der Waals surface area contributed by atoms with Gasteiger partial charge in [-0.3, -0.25) is 9.59 Å². The van der Waals surface area contributed by atoms with Crippen molar-refractivity contribution in [2.75, 3.05) is 7.11 Å². The van der Waals surface area contributed by atoms with Crippen LogP contribution in [-0.2, 0) is 18.8 Å². The monoisotopic (exact) mass is 320 g/mol. The molecule has 0 spiro atoms. The molecule has 2 aromatic rings. The summed E-state index contributed by atoms with van der Waals surface area (Å²) in [6.45, 7) is 0. The largest absolute Gasteiger partial charge is 0.478 e. The molecule has 0 amide bonds. The molecule has 0 aliphatic heterocycles. The topological polar surface area (TPSA) is 108 Å². The molecule has 0 aliphatic rings. The van der Waals surface area contributed by atoms with Crippen molar-refractivity contribution in [2.45, 2.75) is 0 Å². The number of rotatable bonds is 4. The van der Waals surface area contributed by atoms with Gasteiger partial charge in [0.2, 0.25) is 0 Å². The molecule has 2 rings (SSSR count). The quantitative estimate of drug-likeness (QED) is 0.669. The zero-order valence-corrected chi connectivity index (χ0v) is 12.8. The first kappa shape index (κ1) is 17.9. The summed E-state index contributed by atoms with van der Waals surface area (Å²) in [7, 11) is 4.61. The number of hydrogen-bond donors (Lipinski definition) is 1. The fraction of sp³-hybridized carbons (Fsp3) is 0.200. The highest BCUT2D eigenvalue weighted by Gasteiger charge is 2.09. The molecular formula is C15H16N2O6. The van der Waals surface area contributed by atoms with E-state index in [1.165, 1.54) is 30.0 Å². The minimum absolute atomic E-state index is 0.134. The maximum absolute atomic E-state index is 10.9. The van der Waals surface area contributed by atoms with E-state index in [-0.39, 0.29) is 5.56 Å². The number of aromatic nitrogens is 2. The number of aryl methyl sites for hydroxylation is 2. The smallest absolute Gasteiger partial charge is 0.339 e. The van der Waals surface area contributed by atoms with Crippen LogP contribution in [0.2, 0.25) is 0 Å². The van der Waals surface area contributed by atoms with Crippen molar-refractivity contribution < 1.29 is 29.0 Å². The SMILES string of the molecule is COC(=O)c1cc(C=O)n(C)c1.Cn1cc(C(=O)O)cc1C=O. The summed E-state index contributed by atoms with van der Waals surface area (Å²) in [5.74, 6) is -1.45. The summed E-state index contributed by atoms with van der Waals surface area (Å²) < 4.78 is 7.52. The van der Waals surface area contributed by atoms with Gasteiger partial charge in [-0.15, -0.1) is 0 Å². The Kier molecular flexibility index (Phi) is 6.02. The number of carboxylic acid groups (broad SMARTS) is 1. The molecule has 2 aromatic heterocycles. The minimum Gasteiger partial charge on any atom is -0.478 e. The van der Waals surface area contributed by atoms with Crippen LogP contribution in [-0.4, -0.2) is 45.9 Å². The zero-order chi connectivity index (χ0) is 17.6. The summed E-state index contributed by atoms with van der Waals surface area (Å²) in [6, 6.07) is 2.81. The Morgan fingerprint density at radius 3 is 1.74 bits per heavy atom. The van der Waals surface area contributed by atoms with E-state index in [9.17, 15) is 19.2 Å². The highest BCUT2D eigenvalue weighted by molar-refractivity contribution is 5.91. The van der Waals surface area contributed by atoms with E-state index >= 15 is 0 Å². The van der Waals surface area contributed by atoms with E-state index in [0.29, 0.717) is 29.5 Å². The van der Waals surface area contributed by atoms with Gasteiger partial charge in [0.15, 0.2) is 12.6 Å². The predicted octanol–water partition coefficient (Wildman–Crippen LogP) is 1.16. The van der Waals surface area contributed by atoms with E-state index < -0.39 is 11.9 Å². The molecular weight excluding hydrogens is 304 g/mol. The average molecular weight is 320 g/mol. The Morgan fingerprint density at radius 2 is 1.43 bits per heavy atom. The van der Waals surface area contributed by atoms with Gasteiger partial charge < -0.3 is 19.0 Å². The molecule has 0 radical (unpaired) electrons. The summed E-state index contributed by atoms with van der Waals surface area (Å²) in [5.41, 5.74) is 1.34. The minimum atomic E-state index is -1.02. The van der Waals surface area contributed by atoms with Gasteiger partial charge in [-0.1, -0.05) is 0 Å². The third kappa shape index (κ3) is 4.40. The number of hydrogen-bond acceptors (Lipinski definition) is 5. The van der Waals surface area contributed by atoms with Crippen molar-refractivity contribution in [3.63, 3.8) is 0 Å². The molecule has 23 heavy (non-hydrogen) atoms. The molecule has 0 bridgehead atoms. The Bertz CT molecular complexity index is 741. The highest BCUT2D eigenvalue weighted by Crippen LogP contribution is 2.06. The molecule has 0 atom stereocenters. The molecule has 0 aliphatic carbocycles. The Labute approximate surface area is 131 Å². The second-order valence-corrected chi connectivity index (χ2v) is 4.56. The number of carboxylic acids is 1. The van der Waals surface area contributed by atoms with Crippen LogP contribution in [0.1, 0.15) is 41.7 Å². The van der Waals surface area contributed by atoms with Crippen molar-refractivity contribution in [3.05, 3.63) is 47.0 Å². The molecule has 8 nitrogen and oxygen atoms in total. The average Bonchev–Trinajstić information content (AvgIpc) is 3.09. The number of ether oxygens (including phenoxy) is 1. The van der Waals surface area contributed by atoms with Gasteiger partial charge in [0.05, 0.1) is 29.6 Å². The zero-order valence-electron chi connectivity index (χ0n) is 12.8. The summed E-state index contributed by atoms with van der Waals surface area (Å²) in [4.78, 5) is 41.9. The molecule has 0 fully saturated rings. The molecule has 1 N–H and O–H groups in total. The van der Waals surface area contributed by atoms with Crippen LogP contribution in [0.25, 0.3) is 0 Å². The van der Waals surface area contributed by atoms with Gasteiger partial charge in [0.25, 0.3) is 0 Å². The van der Waals surface area contributed by atoms with Crippen LogP contribution >= 0.6 is 0 Å². The Morgan fingerprint density at radius 1 is 1.00 bits per heavy atom. The molecule has 0 aromatic carbocycles. The van der Waals surface area contributed by atoms with Crippen molar-refractivity contribution in [1.29, 1.82) is 0 Å².